The summed E-state index contributed by atoms with van der Waals surface area (Å²) in [7, 11) is 1.55. The van der Waals surface area contributed by atoms with Gasteiger partial charge < -0.3 is 5.11 Å². The Bertz CT molecular complexity index is 706. The SMILES string of the molecule is CC.CCS.CO[NH2+]c1cc(Br)cc(C=Nc2cc(C)ccc2C)c1O. The zero-order valence-electron chi connectivity index (χ0n) is 16.4. The predicted octanol–water partition coefficient (Wildman–Crippen LogP) is 5.24. The van der Waals surface area contributed by atoms with Crippen LogP contribution in [0.25, 0.3) is 0 Å². The molecule has 2 rings (SSSR count). The van der Waals surface area contributed by atoms with Crippen molar-refractivity contribution in [3.63, 3.8) is 0 Å². The molecule has 0 aliphatic carbocycles. The number of nitrogens with two attached hydrogens (primary N) is 1. The van der Waals surface area contributed by atoms with Crippen LogP contribution in [0.4, 0.5) is 11.4 Å². The van der Waals surface area contributed by atoms with Crippen molar-refractivity contribution in [1.82, 2.24) is 0 Å². The molecule has 144 valence electrons. The molecule has 2 aromatic rings. The number of quaternary nitrogens is 1. The number of phenols is 1. The summed E-state index contributed by atoms with van der Waals surface area (Å²) in [6.07, 6.45) is 1.66. The summed E-state index contributed by atoms with van der Waals surface area (Å²) in [5.41, 5.74) is 5.87. The van der Waals surface area contributed by atoms with Crippen molar-refractivity contribution in [1.29, 1.82) is 0 Å². The smallest absolute Gasteiger partial charge is 0.205 e. The molecule has 0 fully saturated rings. The average molecular weight is 442 g/mol. The Kier molecular flexibility index (Phi) is 13.1. The third kappa shape index (κ3) is 8.36. The second-order valence-electron chi connectivity index (χ2n) is 5.15. The van der Waals surface area contributed by atoms with Gasteiger partial charge in [0.25, 0.3) is 0 Å². The molecule has 6 heteroatoms. The zero-order chi connectivity index (χ0) is 20.1. The Hall–Kier alpha value is -1.34. The van der Waals surface area contributed by atoms with Crippen molar-refractivity contribution in [2.45, 2.75) is 34.6 Å². The highest BCUT2D eigenvalue weighted by molar-refractivity contribution is 9.10. The average Bonchev–Trinajstić information content (AvgIpc) is 2.62. The van der Waals surface area contributed by atoms with E-state index in [4.69, 9.17) is 4.84 Å². The lowest BCUT2D eigenvalue weighted by molar-refractivity contribution is -0.830. The fourth-order valence-electron chi connectivity index (χ4n) is 1.95. The number of halogens is 1. The fourth-order valence-corrected chi connectivity index (χ4v) is 2.45. The van der Waals surface area contributed by atoms with E-state index in [2.05, 4.69) is 39.6 Å². The van der Waals surface area contributed by atoms with Crippen LogP contribution < -0.4 is 5.48 Å². The van der Waals surface area contributed by atoms with E-state index in [0.29, 0.717) is 11.3 Å². The van der Waals surface area contributed by atoms with Crippen LogP contribution in [0.1, 0.15) is 37.5 Å². The van der Waals surface area contributed by atoms with Gasteiger partial charge in [-0.05, 0) is 42.9 Å². The zero-order valence-corrected chi connectivity index (χ0v) is 18.9. The summed E-state index contributed by atoms with van der Waals surface area (Å²) in [4.78, 5) is 9.45. The first-order chi connectivity index (χ1) is 12.4. The number of aromatic hydroxyl groups is 1. The monoisotopic (exact) mass is 441 g/mol. The van der Waals surface area contributed by atoms with Crippen LogP contribution in [0, 0.1) is 13.8 Å². The van der Waals surface area contributed by atoms with E-state index in [9.17, 15) is 5.11 Å². The molecule has 0 radical (unpaired) electrons. The van der Waals surface area contributed by atoms with Gasteiger partial charge in [-0.25, -0.2) is 4.84 Å². The molecule has 0 saturated heterocycles. The molecule has 0 bridgehead atoms. The highest BCUT2D eigenvalue weighted by Crippen LogP contribution is 2.28. The topological polar surface area (TPSA) is 58.4 Å². The number of hydrogen-bond donors (Lipinski definition) is 3. The van der Waals surface area contributed by atoms with Crippen LogP contribution >= 0.6 is 28.6 Å². The molecule has 0 aromatic heterocycles. The van der Waals surface area contributed by atoms with Gasteiger partial charge in [-0.15, -0.1) is 0 Å². The fraction of sp³-hybridized carbons (Fsp3) is 0.350. The minimum atomic E-state index is 0.147. The lowest BCUT2D eigenvalue weighted by Crippen LogP contribution is -2.76. The minimum Gasteiger partial charge on any atom is -0.502 e. The Morgan fingerprint density at radius 2 is 1.85 bits per heavy atom. The number of phenolic OH excluding ortho intramolecular Hbond substituents is 1. The first-order valence-electron chi connectivity index (χ1n) is 8.53. The molecule has 0 heterocycles. The van der Waals surface area contributed by atoms with Crippen LogP contribution in [0.3, 0.4) is 0 Å². The molecule has 0 aliphatic rings. The standard InChI is InChI=1S/C16H17BrN2O2.C2H6S.C2H6/c1-10-4-5-11(2)14(6-10)18-9-12-7-13(17)8-15(16(12)20)19-21-3;1-2-3;1-2/h4-9,19-20H,1-3H3;3H,2H2,1H3;1-2H3/p+1. The molecular weight excluding hydrogens is 412 g/mol. The first-order valence-corrected chi connectivity index (χ1v) is 9.96. The van der Waals surface area contributed by atoms with Crippen molar-refractivity contribution in [3.05, 3.63) is 51.5 Å². The molecule has 4 nitrogen and oxygen atoms in total. The summed E-state index contributed by atoms with van der Waals surface area (Å²) in [6, 6.07) is 9.71. The van der Waals surface area contributed by atoms with Gasteiger partial charge in [0.05, 0.1) is 12.8 Å². The maximum Gasteiger partial charge on any atom is 0.205 e. The molecule has 0 aliphatic heterocycles. The Labute approximate surface area is 171 Å². The summed E-state index contributed by atoms with van der Waals surface area (Å²) in [5, 5.41) is 10.2. The van der Waals surface area contributed by atoms with Crippen molar-refractivity contribution in [2.24, 2.45) is 4.99 Å². The van der Waals surface area contributed by atoms with Gasteiger partial charge >= 0.3 is 0 Å². The van der Waals surface area contributed by atoms with Gasteiger partial charge in [0, 0.05) is 22.3 Å². The molecule has 26 heavy (non-hydrogen) atoms. The predicted molar refractivity (Wildman–Crippen MR) is 118 cm³/mol. The number of aryl methyl sites for hydroxylation is 2. The van der Waals surface area contributed by atoms with Crippen molar-refractivity contribution >= 4 is 46.1 Å². The van der Waals surface area contributed by atoms with Crippen molar-refractivity contribution in [2.75, 3.05) is 12.9 Å². The molecule has 0 saturated carbocycles. The van der Waals surface area contributed by atoms with E-state index in [1.54, 1.807) is 19.4 Å². The van der Waals surface area contributed by atoms with Gasteiger partial charge in [0.15, 0.2) is 5.75 Å². The minimum absolute atomic E-state index is 0.147. The van der Waals surface area contributed by atoms with Crippen LogP contribution in [0.5, 0.6) is 5.75 Å². The molecule has 3 N–H and O–H groups in total. The normalized spacial score (nSPS) is 10.0. The van der Waals surface area contributed by atoms with Gasteiger partial charge in [0.1, 0.15) is 0 Å². The van der Waals surface area contributed by atoms with Gasteiger partial charge in [-0.2, -0.15) is 18.1 Å². The Balaban J connectivity index is 0.00000113. The number of hydrogen-bond acceptors (Lipinski definition) is 4. The maximum atomic E-state index is 10.2. The number of nitrogens with zero attached hydrogens (tertiary/aromatic N) is 1. The molecule has 0 unspecified atom stereocenters. The lowest BCUT2D eigenvalue weighted by Gasteiger charge is -2.05. The highest BCUT2D eigenvalue weighted by Gasteiger charge is 2.11. The van der Waals surface area contributed by atoms with Crippen LogP contribution in [0.15, 0.2) is 39.8 Å². The number of thiol groups is 1. The van der Waals surface area contributed by atoms with Gasteiger partial charge in [-0.1, -0.05) is 48.8 Å². The van der Waals surface area contributed by atoms with E-state index in [1.807, 2.05) is 52.8 Å². The van der Waals surface area contributed by atoms with Gasteiger partial charge in [-0.3, -0.25) is 4.99 Å². The quantitative estimate of drug-likeness (QED) is 0.199. The summed E-state index contributed by atoms with van der Waals surface area (Å²) in [6.45, 7) is 10.0. The molecule has 0 atom stereocenters. The second kappa shape index (κ2) is 13.8. The van der Waals surface area contributed by atoms with E-state index in [0.717, 1.165) is 27.0 Å². The molecule has 0 spiro atoms. The second-order valence-corrected chi connectivity index (χ2v) is 6.70. The third-order valence-electron chi connectivity index (χ3n) is 3.09. The lowest BCUT2D eigenvalue weighted by atomic mass is 10.1. The summed E-state index contributed by atoms with van der Waals surface area (Å²) < 4.78 is 0.853. The third-order valence-corrected chi connectivity index (χ3v) is 3.54. The molecule has 0 amide bonds. The Morgan fingerprint density at radius 3 is 2.42 bits per heavy atom. The summed E-state index contributed by atoms with van der Waals surface area (Å²) in [5.74, 6) is 1.09. The number of benzene rings is 2. The van der Waals surface area contributed by atoms with E-state index in [-0.39, 0.29) is 5.75 Å². The largest absolute Gasteiger partial charge is 0.502 e. The molecule has 2 aromatic carbocycles. The van der Waals surface area contributed by atoms with Gasteiger partial charge in [0.2, 0.25) is 5.69 Å². The van der Waals surface area contributed by atoms with E-state index < -0.39 is 0 Å². The Morgan fingerprint density at radius 1 is 1.23 bits per heavy atom. The van der Waals surface area contributed by atoms with Crippen molar-refractivity contribution in [3.8, 4) is 5.75 Å². The van der Waals surface area contributed by atoms with Crippen LogP contribution in [-0.4, -0.2) is 24.2 Å². The molecular formula is C20H30BrN2O2S+. The van der Waals surface area contributed by atoms with Crippen LogP contribution in [-0.2, 0) is 4.84 Å². The van der Waals surface area contributed by atoms with Crippen LogP contribution in [0.2, 0.25) is 0 Å². The highest BCUT2D eigenvalue weighted by atomic mass is 79.9. The van der Waals surface area contributed by atoms with Crippen molar-refractivity contribution < 1.29 is 15.4 Å². The first kappa shape index (κ1) is 24.7. The number of aliphatic imine (C=N–C) groups is 1. The summed E-state index contributed by atoms with van der Waals surface area (Å²) >= 11 is 7.21. The van der Waals surface area contributed by atoms with E-state index in [1.165, 1.54) is 5.48 Å². The van der Waals surface area contributed by atoms with E-state index >= 15 is 0 Å². The maximum absolute atomic E-state index is 10.2. The number of rotatable bonds is 4.